The zero-order valence-electron chi connectivity index (χ0n) is 10.0. The van der Waals surface area contributed by atoms with Gasteiger partial charge in [0.25, 0.3) is 0 Å². The van der Waals surface area contributed by atoms with Gasteiger partial charge in [0.15, 0.2) is 5.78 Å². The van der Waals surface area contributed by atoms with E-state index in [0.717, 1.165) is 24.8 Å². The smallest absolute Gasteiger partial charge is 0.152 e. The number of ketones is 1. The molecule has 0 saturated heterocycles. The Kier molecular flexibility index (Phi) is 5.70. The highest BCUT2D eigenvalue weighted by molar-refractivity contribution is 5.88. The number of carbonyl (C=O) groups is 1. The van der Waals surface area contributed by atoms with Gasteiger partial charge in [-0.1, -0.05) is 19.8 Å². The molecular weight excluding hydrogens is 176 g/mol. The Hall–Kier alpha value is -0.630. The molecule has 0 aromatic heterocycles. The van der Waals surface area contributed by atoms with Crippen molar-refractivity contribution in [2.75, 3.05) is 7.11 Å². The topological polar surface area (TPSA) is 26.3 Å². The Morgan fingerprint density at radius 2 is 2.00 bits per heavy atom. The molecule has 0 aliphatic carbocycles. The molecule has 1 atom stereocenters. The Morgan fingerprint density at radius 3 is 2.36 bits per heavy atom. The van der Waals surface area contributed by atoms with Gasteiger partial charge in [-0.05, 0) is 38.8 Å². The molecule has 1 unspecified atom stereocenters. The largest absolute Gasteiger partial charge is 0.374 e. The summed E-state index contributed by atoms with van der Waals surface area (Å²) in [6, 6.07) is 0. The molecule has 0 N–H and O–H groups in total. The minimum absolute atomic E-state index is 0.0854. The average Bonchev–Trinajstić information content (AvgIpc) is 2.13. The quantitative estimate of drug-likeness (QED) is 0.613. The maximum atomic E-state index is 11.0. The number of ether oxygens (including phenoxy) is 1. The van der Waals surface area contributed by atoms with Gasteiger partial charge in [-0.2, -0.15) is 0 Å². The second-order valence-electron chi connectivity index (χ2n) is 3.98. The molecule has 0 fully saturated rings. The first-order valence-corrected chi connectivity index (χ1v) is 5.20. The van der Waals surface area contributed by atoms with Crippen LogP contribution in [-0.4, -0.2) is 18.5 Å². The minimum Gasteiger partial charge on any atom is -0.374 e. The maximum absolute atomic E-state index is 11.0. The zero-order chi connectivity index (χ0) is 11.2. The summed E-state index contributed by atoms with van der Waals surface area (Å²) < 4.78 is 5.48. The number of allylic oxidation sites excluding steroid dienone is 1. The van der Waals surface area contributed by atoms with E-state index in [0.29, 0.717) is 0 Å². The number of rotatable bonds is 6. The fourth-order valence-corrected chi connectivity index (χ4v) is 1.43. The van der Waals surface area contributed by atoms with E-state index in [-0.39, 0.29) is 11.4 Å². The summed E-state index contributed by atoms with van der Waals surface area (Å²) in [4.78, 5) is 11.0. The SMILES string of the molecule is CCCCC(C)(OC)C(C)=CC(C)=O. The molecule has 0 aromatic rings. The van der Waals surface area contributed by atoms with Crippen LogP contribution in [0.2, 0.25) is 0 Å². The Balaban J connectivity index is 4.57. The predicted octanol–water partition coefficient (Wildman–Crippen LogP) is 3.12. The number of methoxy groups -OCH3 is 1. The van der Waals surface area contributed by atoms with Crippen LogP contribution >= 0.6 is 0 Å². The summed E-state index contributed by atoms with van der Waals surface area (Å²) in [7, 11) is 1.70. The van der Waals surface area contributed by atoms with Crippen molar-refractivity contribution >= 4 is 5.78 Å². The van der Waals surface area contributed by atoms with Crippen LogP contribution in [0.25, 0.3) is 0 Å². The standard InChI is InChI=1S/C12H22O2/c1-6-7-8-12(4,14-5)10(2)9-11(3)13/h9H,6-8H2,1-5H3. The number of hydrogen-bond acceptors (Lipinski definition) is 2. The normalized spacial score (nSPS) is 16.5. The molecule has 14 heavy (non-hydrogen) atoms. The molecule has 0 aliphatic rings. The van der Waals surface area contributed by atoms with E-state index >= 15 is 0 Å². The van der Waals surface area contributed by atoms with Crippen LogP contribution < -0.4 is 0 Å². The van der Waals surface area contributed by atoms with E-state index in [1.165, 1.54) is 0 Å². The fraction of sp³-hybridized carbons (Fsp3) is 0.750. The Morgan fingerprint density at radius 1 is 1.43 bits per heavy atom. The van der Waals surface area contributed by atoms with Crippen molar-refractivity contribution in [3.8, 4) is 0 Å². The molecule has 0 radical (unpaired) electrons. The third-order valence-electron chi connectivity index (χ3n) is 2.71. The molecule has 0 rings (SSSR count). The van der Waals surface area contributed by atoms with Crippen molar-refractivity contribution < 1.29 is 9.53 Å². The maximum Gasteiger partial charge on any atom is 0.152 e. The monoisotopic (exact) mass is 198 g/mol. The van der Waals surface area contributed by atoms with E-state index in [1.54, 1.807) is 20.1 Å². The summed E-state index contributed by atoms with van der Waals surface area (Å²) >= 11 is 0. The molecule has 2 heteroatoms. The van der Waals surface area contributed by atoms with Gasteiger partial charge in [0, 0.05) is 7.11 Å². The molecule has 2 nitrogen and oxygen atoms in total. The summed E-state index contributed by atoms with van der Waals surface area (Å²) in [6.45, 7) is 7.72. The zero-order valence-corrected chi connectivity index (χ0v) is 10.0. The van der Waals surface area contributed by atoms with E-state index in [2.05, 4.69) is 6.92 Å². The lowest BCUT2D eigenvalue weighted by Crippen LogP contribution is -2.29. The minimum atomic E-state index is -0.276. The van der Waals surface area contributed by atoms with E-state index in [4.69, 9.17) is 4.74 Å². The van der Waals surface area contributed by atoms with Crippen LogP contribution in [0.15, 0.2) is 11.6 Å². The molecule has 0 bridgehead atoms. The van der Waals surface area contributed by atoms with Crippen LogP contribution in [0.5, 0.6) is 0 Å². The van der Waals surface area contributed by atoms with Gasteiger partial charge in [0.1, 0.15) is 0 Å². The van der Waals surface area contributed by atoms with E-state index in [1.807, 2.05) is 13.8 Å². The molecule has 0 saturated carbocycles. The molecule has 0 aromatic carbocycles. The van der Waals surface area contributed by atoms with Gasteiger partial charge in [-0.3, -0.25) is 4.79 Å². The third-order valence-corrected chi connectivity index (χ3v) is 2.71. The van der Waals surface area contributed by atoms with Crippen molar-refractivity contribution in [2.45, 2.75) is 52.6 Å². The van der Waals surface area contributed by atoms with Crippen molar-refractivity contribution in [3.63, 3.8) is 0 Å². The molecule has 0 aliphatic heterocycles. The molecule has 82 valence electrons. The first-order chi connectivity index (χ1) is 6.46. The summed E-state index contributed by atoms with van der Waals surface area (Å²) in [5.41, 5.74) is 0.739. The number of carbonyl (C=O) groups excluding carboxylic acids is 1. The first-order valence-electron chi connectivity index (χ1n) is 5.20. The average molecular weight is 198 g/mol. The number of hydrogen-bond donors (Lipinski definition) is 0. The highest BCUT2D eigenvalue weighted by Crippen LogP contribution is 2.26. The number of unbranched alkanes of at least 4 members (excludes halogenated alkanes) is 1. The molecule has 0 heterocycles. The second kappa shape index (κ2) is 5.97. The van der Waals surface area contributed by atoms with Crippen molar-refractivity contribution in [1.82, 2.24) is 0 Å². The van der Waals surface area contributed by atoms with Crippen LogP contribution in [0.4, 0.5) is 0 Å². The Labute approximate surface area is 87.3 Å². The van der Waals surface area contributed by atoms with Crippen molar-refractivity contribution in [2.24, 2.45) is 0 Å². The first kappa shape index (κ1) is 13.4. The van der Waals surface area contributed by atoms with Gasteiger partial charge in [0.05, 0.1) is 5.60 Å². The molecule has 0 spiro atoms. The van der Waals surface area contributed by atoms with Crippen LogP contribution in [0.1, 0.15) is 47.0 Å². The lowest BCUT2D eigenvalue weighted by molar-refractivity contribution is -0.112. The van der Waals surface area contributed by atoms with Gasteiger partial charge >= 0.3 is 0 Å². The van der Waals surface area contributed by atoms with Crippen LogP contribution in [-0.2, 0) is 9.53 Å². The van der Waals surface area contributed by atoms with Crippen molar-refractivity contribution in [3.05, 3.63) is 11.6 Å². The van der Waals surface area contributed by atoms with Gasteiger partial charge in [-0.15, -0.1) is 0 Å². The predicted molar refractivity (Wildman–Crippen MR) is 59.4 cm³/mol. The third kappa shape index (κ3) is 4.05. The summed E-state index contributed by atoms with van der Waals surface area (Å²) in [6.07, 6.45) is 4.90. The van der Waals surface area contributed by atoms with Crippen molar-refractivity contribution in [1.29, 1.82) is 0 Å². The highest BCUT2D eigenvalue weighted by Gasteiger charge is 2.25. The Bertz CT molecular complexity index is 218. The fourth-order valence-electron chi connectivity index (χ4n) is 1.43. The lowest BCUT2D eigenvalue weighted by Gasteiger charge is -2.29. The summed E-state index contributed by atoms with van der Waals surface area (Å²) in [5.74, 6) is 0.0854. The molecule has 0 amide bonds. The van der Waals surface area contributed by atoms with Gasteiger partial charge < -0.3 is 4.74 Å². The van der Waals surface area contributed by atoms with E-state index in [9.17, 15) is 4.79 Å². The van der Waals surface area contributed by atoms with Crippen LogP contribution in [0.3, 0.4) is 0 Å². The summed E-state index contributed by atoms with van der Waals surface area (Å²) in [5, 5.41) is 0. The highest BCUT2D eigenvalue weighted by atomic mass is 16.5. The van der Waals surface area contributed by atoms with Gasteiger partial charge in [0.2, 0.25) is 0 Å². The molecular formula is C12H22O2. The second-order valence-corrected chi connectivity index (χ2v) is 3.98. The van der Waals surface area contributed by atoms with Crippen LogP contribution in [0, 0.1) is 0 Å². The lowest BCUT2D eigenvalue weighted by atomic mass is 9.90. The van der Waals surface area contributed by atoms with E-state index < -0.39 is 0 Å². The van der Waals surface area contributed by atoms with Gasteiger partial charge in [-0.25, -0.2) is 0 Å².